The van der Waals surface area contributed by atoms with Gasteiger partial charge in [-0.05, 0) is 23.8 Å². The van der Waals surface area contributed by atoms with Crippen molar-refractivity contribution in [2.24, 2.45) is 0 Å². The molecule has 0 aliphatic carbocycles. The van der Waals surface area contributed by atoms with E-state index in [0.717, 1.165) is 5.56 Å². The molecule has 0 aromatic heterocycles. The van der Waals surface area contributed by atoms with Crippen LogP contribution in [-0.4, -0.2) is 42.2 Å². The number of hydrogen-bond acceptors (Lipinski definition) is 4. The molecule has 0 radical (unpaired) electrons. The number of nitrogens with zero attached hydrogens (tertiary/aromatic N) is 1. The van der Waals surface area contributed by atoms with E-state index < -0.39 is 6.10 Å². The number of aliphatic hydroxyl groups excluding tert-OH is 1. The Morgan fingerprint density at radius 1 is 1.22 bits per heavy atom. The minimum Gasteiger partial charge on any atom is -0.399 e. The van der Waals surface area contributed by atoms with Gasteiger partial charge in [0.1, 0.15) is 0 Å². The number of ether oxygens (including phenoxy) is 1. The van der Waals surface area contributed by atoms with Crippen LogP contribution in [0.1, 0.15) is 15.9 Å². The van der Waals surface area contributed by atoms with Crippen molar-refractivity contribution in [3.8, 4) is 0 Å². The standard InChI is InChI=1S/C18H22N2O3/c1-20(18(22)15-8-5-9-16(19)10-15)11-17(21)13-23-12-14-6-3-2-4-7-14/h2-10,17,21H,11-13,19H2,1H3. The third kappa shape index (κ3) is 5.39. The van der Waals surface area contributed by atoms with Gasteiger partial charge >= 0.3 is 0 Å². The van der Waals surface area contributed by atoms with Gasteiger partial charge in [-0.2, -0.15) is 0 Å². The summed E-state index contributed by atoms with van der Waals surface area (Å²) in [4.78, 5) is 13.7. The smallest absolute Gasteiger partial charge is 0.253 e. The molecule has 0 saturated heterocycles. The molecule has 5 nitrogen and oxygen atoms in total. The van der Waals surface area contributed by atoms with E-state index >= 15 is 0 Å². The number of likely N-dealkylation sites (N-methyl/N-ethyl adjacent to an activating group) is 1. The molecule has 0 aliphatic rings. The maximum Gasteiger partial charge on any atom is 0.253 e. The van der Waals surface area contributed by atoms with Crippen molar-refractivity contribution in [3.63, 3.8) is 0 Å². The van der Waals surface area contributed by atoms with Crippen molar-refractivity contribution < 1.29 is 14.6 Å². The summed E-state index contributed by atoms with van der Waals surface area (Å²) in [5, 5.41) is 10.0. The minimum absolute atomic E-state index is 0.170. The molecule has 0 spiro atoms. The number of anilines is 1. The monoisotopic (exact) mass is 314 g/mol. The first kappa shape index (κ1) is 17.0. The highest BCUT2D eigenvalue weighted by Gasteiger charge is 2.15. The summed E-state index contributed by atoms with van der Waals surface area (Å²) in [5.74, 6) is -0.181. The topological polar surface area (TPSA) is 75.8 Å². The minimum atomic E-state index is -0.742. The fourth-order valence-electron chi connectivity index (χ4n) is 2.23. The molecule has 0 heterocycles. The number of benzene rings is 2. The Labute approximate surface area is 136 Å². The molecule has 0 bridgehead atoms. The molecule has 1 atom stereocenters. The van der Waals surface area contributed by atoms with Crippen molar-refractivity contribution in [1.82, 2.24) is 4.90 Å². The lowest BCUT2D eigenvalue weighted by Crippen LogP contribution is -2.36. The van der Waals surface area contributed by atoms with Crippen LogP contribution < -0.4 is 5.73 Å². The van der Waals surface area contributed by atoms with Gasteiger partial charge in [-0.15, -0.1) is 0 Å². The van der Waals surface area contributed by atoms with Crippen LogP contribution in [-0.2, 0) is 11.3 Å². The molecule has 23 heavy (non-hydrogen) atoms. The summed E-state index contributed by atoms with van der Waals surface area (Å²) < 4.78 is 5.48. The van der Waals surface area contributed by atoms with Gasteiger partial charge in [0.05, 0.1) is 19.3 Å². The van der Waals surface area contributed by atoms with Gasteiger partial charge in [0.25, 0.3) is 5.91 Å². The second kappa shape index (κ2) is 8.31. The zero-order valence-electron chi connectivity index (χ0n) is 13.2. The Hall–Kier alpha value is -2.37. The first-order valence-corrected chi connectivity index (χ1v) is 7.47. The Morgan fingerprint density at radius 3 is 2.65 bits per heavy atom. The van der Waals surface area contributed by atoms with E-state index in [2.05, 4.69) is 0 Å². The lowest BCUT2D eigenvalue weighted by molar-refractivity contribution is 0.0137. The van der Waals surface area contributed by atoms with Gasteiger partial charge in [-0.25, -0.2) is 0 Å². The highest BCUT2D eigenvalue weighted by molar-refractivity contribution is 5.94. The summed E-state index contributed by atoms with van der Waals surface area (Å²) in [7, 11) is 1.64. The van der Waals surface area contributed by atoms with Crippen LogP contribution in [0.15, 0.2) is 54.6 Å². The second-order valence-electron chi connectivity index (χ2n) is 5.47. The number of carbonyl (C=O) groups excluding carboxylic acids is 1. The van der Waals surface area contributed by atoms with Gasteiger partial charge in [0, 0.05) is 24.8 Å². The maximum atomic E-state index is 12.2. The Balaban J connectivity index is 1.78. The van der Waals surface area contributed by atoms with E-state index in [4.69, 9.17) is 10.5 Å². The molecule has 5 heteroatoms. The molecular formula is C18H22N2O3. The Kier molecular flexibility index (Phi) is 6.14. The number of carbonyl (C=O) groups is 1. The number of nitrogens with two attached hydrogens (primary N) is 1. The first-order valence-electron chi connectivity index (χ1n) is 7.47. The average Bonchev–Trinajstić information content (AvgIpc) is 2.55. The highest BCUT2D eigenvalue weighted by atomic mass is 16.5. The van der Waals surface area contributed by atoms with Crippen molar-refractivity contribution in [3.05, 3.63) is 65.7 Å². The van der Waals surface area contributed by atoms with Gasteiger partial charge in [0.15, 0.2) is 0 Å². The predicted molar refractivity (Wildman–Crippen MR) is 89.9 cm³/mol. The van der Waals surface area contributed by atoms with Crippen molar-refractivity contribution in [2.45, 2.75) is 12.7 Å². The fraction of sp³-hybridized carbons (Fsp3) is 0.278. The van der Waals surface area contributed by atoms with Crippen molar-refractivity contribution >= 4 is 11.6 Å². The summed E-state index contributed by atoms with van der Waals surface area (Å²) in [6, 6.07) is 16.5. The lowest BCUT2D eigenvalue weighted by Gasteiger charge is -2.21. The fourth-order valence-corrected chi connectivity index (χ4v) is 2.23. The van der Waals surface area contributed by atoms with Crippen LogP contribution in [0.4, 0.5) is 5.69 Å². The van der Waals surface area contributed by atoms with Crippen LogP contribution in [0.25, 0.3) is 0 Å². The van der Waals surface area contributed by atoms with Crippen LogP contribution in [0.3, 0.4) is 0 Å². The van der Waals surface area contributed by atoms with E-state index in [9.17, 15) is 9.90 Å². The van der Waals surface area contributed by atoms with Crippen LogP contribution in [0.2, 0.25) is 0 Å². The maximum absolute atomic E-state index is 12.2. The molecule has 0 saturated carbocycles. The third-order valence-electron chi connectivity index (χ3n) is 3.39. The number of aliphatic hydroxyl groups is 1. The molecule has 2 aromatic rings. The van der Waals surface area contributed by atoms with Crippen molar-refractivity contribution in [1.29, 1.82) is 0 Å². The van der Waals surface area contributed by atoms with E-state index in [1.807, 2.05) is 30.3 Å². The Morgan fingerprint density at radius 2 is 1.96 bits per heavy atom. The van der Waals surface area contributed by atoms with Gasteiger partial charge in [0.2, 0.25) is 0 Å². The highest BCUT2D eigenvalue weighted by Crippen LogP contribution is 2.09. The van der Waals surface area contributed by atoms with Crippen molar-refractivity contribution in [2.75, 3.05) is 25.9 Å². The number of amides is 1. The quantitative estimate of drug-likeness (QED) is 0.766. The summed E-state index contributed by atoms with van der Waals surface area (Å²) in [6.07, 6.45) is -0.742. The molecule has 2 rings (SSSR count). The molecule has 3 N–H and O–H groups in total. The normalized spacial score (nSPS) is 11.9. The Bertz CT molecular complexity index is 631. The van der Waals surface area contributed by atoms with E-state index in [-0.39, 0.29) is 19.1 Å². The average molecular weight is 314 g/mol. The van der Waals surface area contributed by atoms with Crippen LogP contribution in [0, 0.1) is 0 Å². The van der Waals surface area contributed by atoms with E-state index in [1.165, 1.54) is 4.90 Å². The number of rotatable bonds is 7. The van der Waals surface area contributed by atoms with Gasteiger partial charge in [-0.3, -0.25) is 4.79 Å². The van der Waals surface area contributed by atoms with Crippen LogP contribution >= 0.6 is 0 Å². The molecule has 0 aliphatic heterocycles. The molecule has 1 amide bonds. The molecule has 1 unspecified atom stereocenters. The van der Waals surface area contributed by atoms with E-state index in [0.29, 0.717) is 17.9 Å². The zero-order valence-corrected chi connectivity index (χ0v) is 13.2. The lowest BCUT2D eigenvalue weighted by atomic mass is 10.1. The van der Waals surface area contributed by atoms with Gasteiger partial charge in [-0.1, -0.05) is 36.4 Å². The summed E-state index contributed by atoms with van der Waals surface area (Å²) in [5.41, 5.74) is 7.77. The number of nitrogen functional groups attached to an aromatic ring is 1. The molecule has 2 aromatic carbocycles. The summed E-state index contributed by atoms with van der Waals surface area (Å²) in [6.45, 7) is 0.802. The SMILES string of the molecule is CN(CC(O)COCc1ccccc1)C(=O)c1cccc(N)c1. The predicted octanol–water partition coefficient (Wildman–Crippen LogP) is 1.92. The molecule has 0 fully saturated rings. The van der Waals surface area contributed by atoms with E-state index in [1.54, 1.807) is 31.3 Å². The second-order valence-corrected chi connectivity index (χ2v) is 5.47. The largest absolute Gasteiger partial charge is 0.399 e. The molecule has 122 valence electrons. The summed E-state index contributed by atoms with van der Waals surface area (Å²) >= 11 is 0. The van der Waals surface area contributed by atoms with Crippen LogP contribution in [0.5, 0.6) is 0 Å². The van der Waals surface area contributed by atoms with Gasteiger partial charge < -0.3 is 20.5 Å². The molecular weight excluding hydrogens is 292 g/mol. The zero-order chi connectivity index (χ0) is 16.7. The third-order valence-corrected chi connectivity index (χ3v) is 3.39. The first-order chi connectivity index (χ1) is 11.1. The number of hydrogen-bond donors (Lipinski definition) is 2.